The Hall–Kier alpha value is -2.45. The summed E-state index contributed by atoms with van der Waals surface area (Å²) in [6, 6.07) is 5.54. The van der Waals surface area contributed by atoms with Crippen molar-refractivity contribution >= 4 is 12.3 Å². The van der Waals surface area contributed by atoms with Gasteiger partial charge in [-0.1, -0.05) is 5.16 Å². The predicted molar refractivity (Wildman–Crippen MR) is 85.5 cm³/mol. The van der Waals surface area contributed by atoms with Crippen molar-refractivity contribution < 1.29 is 24.6 Å². The van der Waals surface area contributed by atoms with Gasteiger partial charge in [-0.15, -0.1) is 0 Å². The van der Waals surface area contributed by atoms with Crippen molar-refractivity contribution in [2.75, 3.05) is 18.0 Å². The number of pyridine rings is 1. The fourth-order valence-corrected chi connectivity index (χ4v) is 2.74. The lowest BCUT2D eigenvalue weighted by Gasteiger charge is -2.17. The average molecular weight is 335 g/mol. The molecule has 1 fully saturated rings. The van der Waals surface area contributed by atoms with Crippen LogP contribution in [0.25, 0.3) is 0 Å². The number of carbonyl (C=O) groups is 1. The first kappa shape index (κ1) is 17.9. The number of anilines is 1. The van der Waals surface area contributed by atoms with Gasteiger partial charge in [-0.25, -0.2) is 4.98 Å². The second-order valence-corrected chi connectivity index (χ2v) is 5.66. The molecule has 8 nitrogen and oxygen atoms in total. The quantitative estimate of drug-likeness (QED) is 0.695. The first-order chi connectivity index (χ1) is 11.6. The second kappa shape index (κ2) is 8.42. The maximum atomic E-state index is 10.2. The molecule has 130 valence electrons. The number of carboxylic acid groups (broad SMARTS) is 1. The van der Waals surface area contributed by atoms with Gasteiger partial charge in [0.1, 0.15) is 11.6 Å². The standard InChI is InChI=1S/C15H19N3O3.CH2O2/c1-10-4-13(21-17-10)6-12-7-18(8-14(12)20)15-5-11(9-19)2-3-16-15;2-1-3/h2-5,12,14,19-20H,6-9H2,1H3;1H,(H,2,3)/t12-,14-;/m1./s1. The number of aliphatic hydroxyl groups excluding tert-OH is 2. The molecule has 0 radical (unpaired) electrons. The van der Waals surface area contributed by atoms with Crippen LogP contribution in [-0.2, 0) is 17.8 Å². The Labute approximate surface area is 139 Å². The van der Waals surface area contributed by atoms with Crippen LogP contribution in [0.15, 0.2) is 28.9 Å². The fourth-order valence-electron chi connectivity index (χ4n) is 2.74. The molecule has 24 heavy (non-hydrogen) atoms. The Morgan fingerprint density at radius 2 is 2.17 bits per heavy atom. The van der Waals surface area contributed by atoms with Gasteiger partial charge in [0, 0.05) is 37.7 Å². The zero-order chi connectivity index (χ0) is 17.5. The van der Waals surface area contributed by atoms with Gasteiger partial charge in [-0.05, 0) is 24.6 Å². The van der Waals surface area contributed by atoms with E-state index in [1.165, 1.54) is 0 Å². The topological polar surface area (TPSA) is 120 Å². The van der Waals surface area contributed by atoms with E-state index in [1.54, 1.807) is 12.3 Å². The smallest absolute Gasteiger partial charge is 0.290 e. The van der Waals surface area contributed by atoms with Crippen molar-refractivity contribution in [2.24, 2.45) is 5.92 Å². The maximum Gasteiger partial charge on any atom is 0.290 e. The van der Waals surface area contributed by atoms with E-state index in [0.29, 0.717) is 19.5 Å². The molecule has 3 heterocycles. The lowest BCUT2D eigenvalue weighted by molar-refractivity contribution is -0.122. The molecule has 0 unspecified atom stereocenters. The minimum Gasteiger partial charge on any atom is -0.483 e. The molecule has 0 saturated carbocycles. The maximum absolute atomic E-state index is 10.2. The number of hydrogen-bond acceptors (Lipinski definition) is 7. The lowest BCUT2D eigenvalue weighted by Crippen LogP contribution is -2.22. The van der Waals surface area contributed by atoms with E-state index in [-0.39, 0.29) is 19.0 Å². The van der Waals surface area contributed by atoms with E-state index in [2.05, 4.69) is 10.1 Å². The molecule has 0 bridgehead atoms. The summed E-state index contributed by atoms with van der Waals surface area (Å²) in [6.45, 7) is 2.88. The van der Waals surface area contributed by atoms with Gasteiger partial charge in [0.25, 0.3) is 6.47 Å². The highest BCUT2D eigenvalue weighted by Gasteiger charge is 2.33. The Bertz CT molecular complexity index is 661. The van der Waals surface area contributed by atoms with E-state index in [4.69, 9.17) is 14.4 Å². The van der Waals surface area contributed by atoms with Crippen LogP contribution in [0.2, 0.25) is 0 Å². The Morgan fingerprint density at radius 1 is 1.42 bits per heavy atom. The van der Waals surface area contributed by atoms with Crippen LogP contribution in [0.1, 0.15) is 17.0 Å². The van der Waals surface area contributed by atoms with Crippen molar-refractivity contribution in [1.29, 1.82) is 0 Å². The zero-order valence-corrected chi connectivity index (χ0v) is 13.4. The number of aromatic nitrogens is 2. The van der Waals surface area contributed by atoms with Gasteiger partial charge in [-0.2, -0.15) is 0 Å². The summed E-state index contributed by atoms with van der Waals surface area (Å²) in [5, 5.41) is 30.2. The fraction of sp³-hybridized carbons (Fsp3) is 0.438. The number of aliphatic hydroxyl groups is 2. The van der Waals surface area contributed by atoms with E-state index >= 15 is 0 Å². The van der Waals surface area contributed by atoms with Crippen LogP contribution in [0.4, 0.5) is 5.82 Å². The molecule has 3 N–H and O–H groups in total. The van der Waals surface area contributed by atoms with Crippen molar-refractivity contribution in [1.82, 2.24) is 10.1 Å². The van der Waals surface area contributed by atoms with Gasteiger partial charge in [0.15, 0.2) is 0 Å². The molecule has 1 aliphatic rings. The molecule has 2 atom stereocenters. The SMILES string of the molecule is Cc1cc(C[C@@H]2CN(c3cc(CO)ccn3)C[C@H]2O)on1.O=CO. The van der Waals surface area contributed by atoms with E-state index in [0.717, 1.165) is 22.8 Å². The summed E-state index contributed by atoms with van der Waals surface area (Å²) in [7, 11) is 0. The van der Waals surface area contributed by atoms with Crippen LogP contribution in [0, 0.1) is 12.8 Å². The minimum atomic E-state index is -0.421. The third kappa shape index (κ3) is 4.53. The Balaban J connectivity index is 0.000000647. The van der Waals surface area contributed by atoms with E-state index in [9.17, 15) is 10.2 Å². The minimum absolute atomic E-state index is 0.00726. The Kier molecular flexibility index (Phi) is 6.28. The number of hydrogen-bond donors (Lipinski definition) is 3. The largest absolute Gasteiger partial charge is 0.483 e. The molecule has 1 aliphatic heterocycles. The number of aryl methyl sites for hydroxylation is 1. The van der Waals surface area contributed by atoms with Crippen LogP contribution in [0.5, 0.6) is 0 Å². The molecule has 1 saturated heterocycles. The lowest BCUT2D eigenvalue weighted by atomic mass is 10.0. The molecule has 0 aliphatic carbocycles. The van der Waals surface area contributed by atoms with Crippen LogP contribution in [0.3, 0.4) is 0 Å². The highest BCUT2D eigenvalue weighted by Crippen LogP contribution is 2.26. The predicted octanol–water partition coefficient (Wildman–Crippen LogP) is 0.611. The summed E-state index contributed by atoms with van der Waals surface area (Å²) < 4.78 is 5.22. The summed E-state index contributed by atoms with van der Waals surface area (Å²) in [5.74, 6) is 1.68. The van der Waals surface area contributed by atoms with Crippen LogP contribution in [-0.4, -0.2) is 51.1 Å². The molecule has 3 rings (SSSR count). The highest BCUT2D eigenvalue weighted by atomic mass is 16.5. The second-order valence-electron chi connectivity index (χ2n) is 5.66. The van der Waals surface area contributed by atoms with Gasteiger partial charge in [0.2, 0.25) is 0 Å². The Morgan fingerprint density at radius 3 is 2.79 bits per heavy atom. The van der Waals surface area contributed by atoms with Crippen molar-refractivity contribution in [2.45, 2.75) is 26.1 Å². The number of β-amino-alcohol motifs (C(OH)–C–C–N with tert-alkyl or cyclic N) is 1. The molecule has 8 heteroatoms. The summed E-state index contributed by atoms with van der Waals surface area (Å²) in [4.78, 5) is 14.7. The molecular formula is C16H21N3O5. The van der Waals surface area contributed by atoms with Gasteiger partial charge >= 0.3 is 0 Å². The first-order valence-electron chi connectivity index (χ1n) is 7.56. The summed E-state index contributed by atoms with van der Waals surface area (Å²) in [5.41, 5.74) is 1.68. The highest BCUT2D eigenvalue weighted by molar-refractivity contribution is 5.42. The van der Waals surface area contributed by atoms with E-state index in [1.807, 2.05) is 24.0 Å². The van der Waals surface area contributed by atoms with Gasteiger partial charge in [-0.3, -0.25) is 4.79 Å². The third-order valence-electron chi connectivity index (χ3n) is 3.86. The van der Waals surface area contributed by atoms with Gasteiger partial charge in [0.05, 0.1) is 18.4 Å². The molecule has 0 amide bonds. The monoisotopic (exact) mass is 335 g/mol. The molecule has 0 spiro atoms. The van der Waals surface area contributed by atoms with Crippen LogP contribution >= 0.6 is 0 Å². The van der Waals surface area contributed by atoms with Crippen molar-refractivity contribution in [3.63, 3.8) is 0 Å². The van der Waals surface area contributed by atoms with E-state index < -0.39 is 6.10 Å². The molecule has 2 aromatic rings. The normalized spacial score (nSPS) is 19.7. The average Bonchev–Trinajstić information content (AvgIpc) is 3.15. The molecule has 0 aromatic carbocycles. The summed E-state index contributed by atoms with van der Waals surface area (Å²) in [6.07, 6.45) is 1.92. The van der Waals surface area contributed by atoms with Crippen molar-refractivity contribution in [3.05, 3.63) is 41.4 Å². The third-order valence-corrected chi connectivity index (χ3v) is 3.86. The zero-order valence-electron chi connectivity index (χ0n) is 13.4. The van der Waals surface area contributed by atoms with Crippen LogP contribution < -0.4 is 4.90 Å². The number of rotatable bonds is 4. The van der Waals surface area contributed by atoms with Gasteiger partial charge < -0.3 is 24.7 Å². The number of nitrogens with zero attached hydrogens (tertiary/aromatic N) is 3. The first-order valence-corrected chi connectivity index (χ1v) is 7.56. The molecular weight excluding hydrogens is 314 g/mol. The molecule has 2 aromatic heterocycles. The summed E-state index contributed by atoms with van der Waals surface area (Å²) >= 11 is 0. The van der Waals surface area contributed by atoms with Crippen molar-refractivity contribution in [3.8, 4) is 0 Å².